The van der Waals surface area contributed by atoms with Crippen molar-refractivity contribution in [3.05, 3.63) is 63.7 Å². The number of phenolic OH excluding ortho intramolecular Hbond substituents is 1. The van der Waals surface area contributed by atoms with Gasteiger partial charge in [-0.05, 0) is 52.2 Å². The second-order valence-electron chi connectivity index (χ2n) is 8.44. The number of nitrogens with zero attached hydrogens (tertiary/aromatic N) is 1. The lowest BCUT2D eigenvalue weighted by Crippen LogP contribution is -2.36. The fraction of sp³-hybridized carbons (Fsp3) is 0.385. The molecule has 1 aliphatic heterocycles. The Morgan fingerprint density at radius 1 is 1.33 bits per heavy atom. The van der Waals surface area contributed by atoms with Gasteiger partial charge in [0.25, 0.3) is 0 Å². The number of ether oxygens (including phenoxy) is 3. The summed E-state index contributed by atoms with van der Waals surface area (Å²) in [5.74, 6) is -0.175. The Morgan fingerprint density at radius 3 is 2.72 bits per heavy atom. The number of hydrogen-bond donors (Lipinski definition) is 1. The normalized spacial score (nSPS) is 14.2. The number of rotatable bonds is 11. The third-order valence-electron chi connectivity index (χ3n) is 6.06. The number of benzene rings is 2. The molecule has 2 aromatic rings. The van der Waals surface area contributed by atoms with Crippen molar-refractivity contribution in [2.75, 3.05) is 13.7 Å². The molecule has 1 heterocycles. The molecule has 0 fully saturated rings. The zero-order valence-electron chi connectivity index (χ0n) is 21.1. The molecule has 10 heteroatoms. The van der Waals surface area contributed by atoms with E-state index in [1.54, 1.807) is 26.0 Å². The molecule has 1 N–H and O–H groups in total. The van der Waals surface area contributed by atoms with Crippen LogP contribution >= 0.6 is 8.61 Å². The number of esters is 2. The van der Waals surface area contributed by atoms with Gasteiger partial charge < -0.3 is 28.7 Å². The third-order valence-corrected chi connectivity index (χ3v) is 6.82. The lowest BCUT2D eigenvalue weighted by Gasteiger charge is -2.23. The zero-order valence-corrected chi connectivity index (χ0v) is 22.3. The van der Waals surface area contributed by atoms with Crippen LogP contribution in [0.5, 0.6) is 17.2 Å². The van der Waals surface area contributed by atoms with Crippen molar-refractivity contribution in [3.8, 4) is 17.2 Å². The largest absolute Gasteiger partial charge is 0.507 e. The molecule has 1 aliphatic rings. The molecule has 0 aromatic heterocycles. The predicted molar refractivity (Wildman–Crippen MR) is 135 cm³/mol. The highest BCUT2D eigenvalue weighted by Gasteiger charge is 2.32. The summed E-state index contributed by atoms with van der Waals surface area (Å²) < 4.78 is 27.5. The van der Waals surface area contributed by atoms with E-state index in [9.17, 15) is 19.3 Å². The van der Waals surface area contributed by atoms with Crippen molar-refractivity contribution in [2.45, 2.75) is 53.2 Å². The molecule has 36 heavy (non-hydrogen) atoms. The number of allylic oxidation sites excluding steroid dienone is 2. The fourth-order valence-electron chi connectivity index (χ4n) is 4.09. The topological polar surface area (TPSA) is 112 Å². The summed E-state index contributed by atoms with van der Waals surface area (Å²) in [6.07, 6.45) is 2.78. The fourth-order valence-corrected chi connectivity index (χ4v) is 4.55. The van der Waals surface area contributed by atoms with Gasteiger partial charge in [-0.2, -0.15) is 0 Å². The molecule has 9 nitrogen and oxygen atoms in total. The van der Waals surface area contributed by atoms with Gasteiger partial charge >= 0.3 is 11.9 Å². The van der Waals surface area contributed by atoms with Crippen molar-refractivity contribution < 1.29 is 38.3 Å². The summed E-state index contributed by atoms with van der Waals surface area (Å²) >= 11 is 0. The van der Waals surface area contributed by atoms with Crippen LogP contribution in [0, 0.1) is 6.92 Å². The maximum absolute atomic E-state index is 12.1. The van der Waals surface area contributed by atoms with Crippen LogP contribution in [0.25, 0.3) is 0 Å². The second-order valence-corrected chi connectivity index (χ2v) is 9.16. The molecular weight excluding hydrogens is 485 g/mol. The second kappa shape index (κ2) is 12.1. The zero-order chi connectivity index (χ0) is 26.4. The number of carbonyl (C=O) groups excluding carboxylic acids is 2. The molecule has 0 saturated heterocycles. The van der Waals surface area contributed by atoms with Gasteiger partial charge in [0.1, 0.15) is 29.7 Å². The van der Waals surface area contributed by atoms with Crippen LogP contribution in [0.3, 0.4) is 0 Å². The van der Waals surface area contributed by atoms with Crippen LogP contribution in [-0.2, 0) is 38.3 Å². The molecule has 194 valence electrons. The number of phenols is 1. The van der Waals surface area contributed by atoms with E-state index in [1.165, 1.54) is 7.11 Å². The van der Waals surface area contributed by atoms with Crippen molar-refractivity contribution in [3.63, 3.8) is 0 Å². The van der Waals surface area contributed by atoms with Crippen LogP contribution in [-0.4, -0.2) is 41.6 Å². The Labute approximate surface area is 211 Å². The number of cyclic esters (lactones) is 1. The van der Waals surface area contributed by atoms with E-state index in [0.29, 0.717) is 35.5 Å². The van der Waals surface area contributed by atoms with Gasteiger partial charge in [0, 0.05) is 16.7 Å². The first-order valence-corrected chi connectivity index (χ1v) is 12.6. The lowest BCUT2D eigenvalue weighted by molar-refractivity contribution is -0.153. The minimum Gasteiger partial charge on any atom is -0.507 e. The summed E-state index contributed by atoms with van der Waals surface area (Å²) in [7, 11) is -0.0124. The number of aromatic hydroxyl groups is 1. The Bertz CT molecular complexity index is 1190. The number of para-hydroxylation sites is 1. The van der Waals surface area contributed by atoms with Crippen LogP contribution < -0.4 is 9.57 Å². The maximum Gasteiger partial charge on any atom is 0.342 e. The van der Waals surface area contributed by atoms with Crippen molar-refractivity contribution in [2.24, 2.45) is 0 Å². The highest BCUT2D eigenvalue weighted by Crippen LogP contribution is 2.42. The summed E-state index contributed by atoms with van der Waals surface area (Å²) in [6.45, 7) is 7.39. The number of hydroxylamine groups is 1. The van der Waals surface area contributed by atoms with Gasteiger partial charge in [-0.3, -0.25) is 4.79 Å². The molecule has 0 spiro atoms. The van der Waals surface area contributed by atoms with Gasteiger partial charge in [0.15, 0.2) is 14.4 Å². The van der Waals surface area contributed by atoms with Gasteiger partial charge in [-0.1, -0.05) is 34.7 Å². The standard InChI is InChI=1S/C26H32NO8P/c1-6-33-25(29)17(4)27(36-31)35-21-10-8-7-9-18(21)13-15(2)11-12-19-23(28)22-20(14-34-26(22)30)16(3)24(19)32-5/h7-11,17,28H,6,12-14,36H2,1-5H3. The first kappa shape index (κ1) is 27.3. The first-order valence-electron chi connectivity index (χ1n) is 11.6. The molecule has 3 rings (SSSR count). The van der Waals surface area contributed by atoms with Gasteiger partial charge in [0.2, 0.25) is 0 Å². The smallest absolute Gasteiger partial charge is 0.342 e. The average Bonchev–Trinajstić information content (AvgIpc) is 3.26. The molecule has 0 amide bonds. The molecule has 0 radical (unpaired) electrons. The average molecular weight is 518 g/mol. The van der Waals surface area contributed by atoms with Gasteiger partial charge in [-0.25, -0.2) is 4.79 Å². The first-order chi connectivity index (χ1) is 17.2. The molecule has 0 bridgehead atoms. The highest BCUT2D eigenvalue weighted by atomic mass is 31.1. The van der Waals surface area contributed by atoms with Crippen LogP contribution in [0.1, 0.15) is 53.4 Å². The third kappa shape index (κ3) is 5.74. The Kier molecular flexibility index (Phi) is 9.18. The SMILES string of the molecule is CCOC(=O)C(C)N(Oc1ccccc1CC(C)=CCc1c(O)c2c(c(C)c1OC)COC2=O)[PH2]=O. The molecule has 0 saturated carbocycles. The molecule has 2 unspecified atom stereocenters. The minimum atomic E-state index is -1.54. The Balaban J connectivity index is 1.82. The number of hydrogen-bond acceptors (Lipinski definition) is 8. The van der Waals surface area contributed by atoms with Crippen LogP contribution in [0.4, 0.5) is 0 Å². The quantitative estimate of drug-likeness (QED) is 0.201. The number of methoxy groups -OCH3 is 1. The summed E-state index contributed by atoms with van der Waals surface area (Å²) in [5, 5.41) is 10.8. The van der Waals surface area contributed by atoms with Crippen molar-refractivity contribution in [1.82, 2.24) is 4.83 Å². The lowest BCUT2D eigenvalue weighted by atomic mass is 9.94. The van der Waals surface area contributed by atoms with Gasteiger partial charge in [0.05, 0.1) is 13.7 Å². The number of fused-ring (bicyclic) bond motifs is 1. The Morgan fingerprint density at radius 2 is 2.06 bits per heavy atom. The highest BCUT2D eigenvalue weighted by molar-refractivity contribution is 7.20. The summed E-state index contributed by atoms with van der Waals surface area (Å²) in [4.78, 5) is 31.2. The van der Waals surface area contributed by atoms with E-state index in [0.717, 1.165) is 21.5 Å². The molecule has 2 atom stereocenters. The van der Waals surface area contributed by atoms with E-state index in [-0.39, 0.29) is 24.5 Å². The van der Waals surface area contributed by atoms with E-state index in [2.05, 4.69) is 0 Å². The molecular formula is C26H32NO8P. The van der Waals surface area contributed by atoms with Crippen molar-refractivity contribution in [1.29, 1.82) is 0 Å². The van der Waals surface area contributed by atoms with E-state index in [4.69, 9.17) is 19.0 Å². The van der Waals surface area contributed by atoms with E-state index in [1.807, 2.05) is 32.1 Å². The summed E-state index contributed by atoms with van der Waals surface area (Å²) in [5.41, 5.74) is 3.92. The minimum absolute atomic E-state index is 0.118. The monoisotopic (exact) mass is 517 g/mol. The van der Waals surface area contributed by atoms with Crippen LogP contribution in [0.15, 0.2) is 35.9 Å². The molecule has 2 aromatic carbocycles. The summed E-state index contributed by atoms with van der Waals surface area (Å²) in [6, 6.07) is 6.46. The van der Waals surface area contributed by atoms with E-state index < -0.39 is 26.6 Å². The van der Waals surface area contributed by atoms with E-state index >= 15 is 0 Å². The maximum atomic E-state index is 12.1. The number of carbonyl (C=O) groups is 2. The van der Waals surface area contributed by atoms with Crippen LogP contribution in [0.2, 0.25) is 0 Å². The van der Waals surface area contributed by atoms with Crippen molar-refractivity contribution >= 4 is 20.5 Å². The van der Waals surface area contributed by atoms with Gasteiger partial charge in [-0.15, -0.1) is 0 Å². The molecule has 0 aliphatic carbocycles. The Hall–Kier alpha value is -3.29. The predicted octanol–water partition coefficient (Wildman–Crippen LogP) is 4.33.